The fraction of sp³-hybridized carbons (Fsp3) is 0.533. The number of hydrogen-bond acceptors (Lipinski definition) is 3. The van der Waals surface area contributed by atoms with Crippen LogP contribution in [0, 0.1) is 11.8 Å². The maximum Gasteiger partial charge on any atom is 0.230 e. The first-order valence-corrected chi connectivity index (χ1v) is 6.79. The van der Waals surface area contributed by atoms with Crippen LogP contribution in [0.3, 0.4) is 0 Å². The summed E-state index contributed by atoms with van der Waals surface area (Å²) in [5.41, 5.74) is 6.65. The minimum absolute atomic E-state index is 0.0806. The lowest BCUT2D eigenvalue weighted by Crippen LogP contribution is -2.36. The van der Waals surface area contributed by atoms with Gasteiger partial charge in [-0.05, 0) is 49.6 Å². The van der Waals surface area contributed by atoms with E-state index < -0.39 is 0 Å². The van der Waals surface area contributed by atoms with Crippen molar-refractivity contribution in [2.24, 2.45) is 17.6 Å². The summed E-state index contributed by atoms with van der Waals surface area (Å²) in [7, 11) is 3.46. The number of methoxy groups -OCH3 is 1. The average molecular weight is 262 g/mol. The van der Waals surface area contributed by atoms with Crippen LogP contribution >= 0.6 is 0 Å². The van der Waals surface area contributed by atoms with Crippen LogP contribution in [0.25, 0.3) is 0 Å². The van der Waals surface area contributed by atoms with Crippen molar-refractivity contribution >= 4 is 11.6 Å². The molecule has 1 fully saturated rings. The Labute approximate surface area is 114 Å². The number of rotatable bonds is 4. The highest BCUT2D eigenvalue weighted by Crippen LogP contribution is 2.33. The average Bonchev–Trinajstić information content (AvgIpc) is 2.94. The summed E-state index contributed by atoms with van der Waals surface area (Å²) in [5, 5.41) is 0. The van der Waals surface area contributed by atoms with Gasteiger partial charge in [0.05, 0.1) is 7.11 Å². The van der Waals surface area contributed by atoms with E-state index in [0.717, 1.165) is 30.7 Å². The molecule has 19 heavy (non-hydrogen) atoms. The second kappa shape index (κ2) is 6.06. The van der Waals surface area contributed by atoms with Gasteiger partial charge >= 0.3 is 0 Å². The van der Waals surface area contributed by atoms with E-state index in [-0.39, 0.29) is 11.8 Å². The van der Waals surface area contributed by atoms with Crippen molar-refractivity contribution in [1.82, 2.24) is 0 Å². The zero-order valence-corrected chi connectivity index (χ0v) is 11.6. The van der Waals surface area contributed by atoms with Crippen LogP contribution in [0.15, 0.2) is 24.3 Å². The molecule has 1 aromatic carbocycles. The zero-order chi connectivity index (χ0) is 13.8. The number of benzene rings is 1. The van der Waals surface area contributed by atoms with E-state index in [1.54, 1.807) is 12.0 Å². The molecular formula is C15H22N2O2. The molecule has 0 aromatic heterocycles. The van der Waals surface area contributed by atoms with Crippen molar-refractivity contribution in [2.75, 3.05) is 25.6 Å². The Morgan fingerprint density at radius 2 is 2.05 bits per heavy atom. The summed E-state index contributed by atoms with van der Waals surface area (Å²) < 4.78 is 5.12. The van der Waals surface area contributed by atoms with Gasteiger partial charge in [-0.15, -0.1) is 0 Å². The van der Waals surface area contributed by atoms with Crippen molar-refractivity contribution in [3.05, 3.63) is 24.3 Å². The van der Waals surface area contributed by atoms with Crippen LogP contribution < -0.4 is 15.4 Å². The maximum atomic E-state index is 12.5. The highest BCUT2D eigenvalue weighted by molar-refractivity contribution is 5.94. The largest absolute Gasteiger partial charge is 0.497 e. The lowest BCUT2D eigenvalue weighted by atomic mass is 9.94. The molecule has 2 rings (SSSR count). The molecule has 0 heterocycles. The number of carbonyl (C=O) groups is 1. The smallest absolute Gasteiger partial charge is 0.230 e. The molecule has 4 heteroatoms. The summed E-state index contributed by atoms with van der Waals surface area (Å²) in [6.45, 7) is 0.604. The molecule has 1 amide bonds. The molecule has 104 valence electrons. The molecule has 4 nitrogen and oxygen atoms in total. The third-order valence-corrected chi connectivity index (χ3v) is 4.07. The Balaban J connectivity index is 2.09. The van der Waals surface area contributed by atoms with Gasteiger partial charge in [-0.3, -0.25) is 4.79 Å². The van der Waals surface area contributed by atoms with E-state index in [4.69, 9.17) is 10.5 Å². The van der Waals surface area contributed by atoms with Crippen LogP contribution in [0.2, 0.25) is 0 Å². The Bertz CT molecular complexity index is 430. The van der Waals surface area contributed by atoms with Crippen molar-refractivity contribution in [2.45, 2.75) is 19.3 Å². The number of carbonyl (C=O) groups excluding carboxylic acids is 1. The second-order valence-electron chi connectivity index (χ2n) is 5.13. The molecule has 0 aliphatic heterocycles. The summed E-state index contributed by atoms with van der Waals surface area (Å²) in [5.74, 6) is 1.40. The molecule has 0 spiro atoms. The lowest BCUT2D eigenvalue weighted by molar-refractivity contribution is -0.123. The Kier molecular flexibility index (Phi) is 4.43. The highest BCUT2D eigenvalue weighted by Gasteiger charge is 2.33. The van der Waals surface area contributed by atoms with E-state index in [9.17, 15) is 4.79 Å². The molecule has 0 bridgehead atoms. The number of nitrogens with zero attached hydrogens (tertiary/aromatic N) is 1. The fourth-order valence-corrected chi connectivity index (χ4v) is 2.83. The van der Waals surface area contributed by atoms with Gasteiger partial charge in [0.1, 0.15) is 5.75 Å². The molecular weight excluding hydrogens is 240 g/mol. The van der Waals surface area contributed by atoms with Gasteiger partial charge in [-0.25, -0.2) is 0 Å². The van der Waals surface area contributed by atoms with E-state index in [2.05, 4.69) is 0 Å². The van der Waals surface area contributed by atoms with Gasteiger partial charge in [-0.1, -0.05) is 6.42 Å². The number of ether oxygens (including phenoxy) is 1. The van der Waals surface area contributed by atoms with Crippen LogP contribution in [-0.2, 0) is 4.79 Å². The molecule has 2 unspecified atom stereocenters. The van der Waals surface area contributed by atoms with Crippen LogP contribution in [-0.4, -0.2) is 26.6 Å². The van der Waals surface area contributed by atoms with Gasteiger partial charge in [0.15, 0.2) is 0 Å². The molecule has 1 aliphatic rings. The molecule has 1 aliphatic carbocycles. The summed E-state index contributed by atoms with van der Waals surface area (Å²) in [6.07, 6.45) is 3.14. The molecule has 0 radical (unpaired) electrons. The third kappa shape index (κ3) is 2.89. The zero-order valence-electron chi connectivity index (χ0n) is 11.6. The SMILES string of the molecule is COc1ccc(N(C)C(=O)C2CCCC2CN)cc1. The summed E-state index contributed by atoms with van der Waals surface area (Å²) in [6, 6.07) is 7.55. The predicted molar refractivity (Wildman–Crippen MR) is 76.3 cm³/mol. The first-order valence-electron chi connectivity index (χ1n) is 6.79. The molecule has 2 atom stereocenters. The van der Waals surface area contributed by atoms with Gasteiger partial charge in [0.25, 0.3) is 0 Å². The Hall–Kier alpha value is -1.55. The fourth-order valence-electron chi connectivity index (χ4n) is 2.83. The number of amides is 1. The van der Waals surface area contributed by atoms with Crippen LogP contribution in [0.1, 0.15) is 19.3 Å². The van der Waals surface area contributed by atoms with E-state index >= 15 is 0 Å². The number of anilines is 1. The first-order chi connectivity index (χ1) is 9.17. The van der Waals surface area contributed by atoms with Crippen molar-refractivity contribution in [1.29, 1.82) is 0 Å². The van der Waals surface area contributed by atoms with Gasteiger partial charge in [-0.2, -0.15) is 0 Å². The third-order valence-electron chi connectivity index (χ3n) is 4.07. The normalized spacial score (nSPS) is 22.3. The molecule has 2 N–H and O–H groups in total. The second-order valence-corrected chi connectivity index (χ2v) is 5.13. The quantitative estimate of drug-likeness (QED) is 0.903. The van der Waals surface area contributed by atoms with Crippen LogP contribution in [0.5, 0.6) is 5.75 Å². The molecule has 0 saturated heterocycles. The van der Waals surface area contributed by atoms with E-state index in [1.165, 1.54) is 0 Å². The van der Waals surface area contributed by atoms with E-state index in [1.807, 2.05) is 31.3 Å². The maximum absolute atomic E-state index is 12.5. The lowest BCUT2D eigenvalue weighted by Gasteiger charge is -2.24. The van der Waals surface area contributed by atoms with E-state index in [0.29, 0.717) is 12.5 Å². The standard InChI is InChI=1S/C15H22N2O2/c1-17(12-6-8-13(19-2)9-7-12)15(18)14-5-3-4-11(14)10-16/h6-9,11,14H,3-5,10,16H2,1-2H3. The topological polar surface area (TPSA) is 55.6 Å². The van der Waals surface area contributed by atoms with Crippen molar-refractivity contribution < 1.29 is 9.53 Å². The van der Waals surface area contributed by atoms with Gasteiger partial charge in [0, 0.05) is 18.7 Å². The Morgan fingerprint density at radius 1 is 1.37 bits per heavy atom. The van der Waals surface area contributed by atoms with Gasteiger partial charge < -0.3 is 15.4 Å². The minimum atomic E-state index is 0.0806. The van der Waals surface area contributed by atoms with Crippen LogP contribution in [0.4, 0.5) is 5.69 Å². The number of hydrogen-bond donors (Lipinski definition) is 1. The van der Waals surface area contributed by atoms with Crippen molar-refractivity contribution in [3.8, 4) is 5.75 Å². The molecule has 1 aromatic rings. The minimum Gasteiger partial charge on any atom is -0.497 e. The van der Waals surface area contributed by atoms with Crippen molar-refractivity contribution in [3.63, 3.8) is 0 Å². The predicted octanol–water partition coefficient (Wildman–Crippen LogP) is 2.03. The first kappa shape index (κ1) is 13.9. The summed E-state index contributed by atoms with van der Waals surface area (Å²) >= 11 is 0. The summed E-state index contributed by atoms with van der Waals surface area (Å²) in [4.78, 5) is 14.2. The Morgan fingerprint density at radius 3 is 2.63 bits per heavy atom. The molecule has 1 saturated carbocycles. The highest BCUT2D eigenvalue weighted by atomic mass is 16.5. The number of nitrogens with two attached hydrogens (primary N) is 1. The van der Waals surface area contributed by atoms with Gasteiger partial charge in [0.2, 0.25) is 5.91 Å². The monoisotopic (exact) mass is 262 g/mol.